The molecule has 0 bridgehead atoms. The summed E-state index contributed by atoms with van der Waals surface area (Å²) in [5.41, 5.74) is 2.35. The van der Waals surface area contributed by atoms with Crippen LogP contribution in [-0.2, 0) is 0 Å². The molecule has 2 N–H and O–H groups in total. The van der Waals surface area contributed by atoms with Crippen molar-refractivity contribution in [3.05, 3.63) is 29.3 Å². The number of aryl methyl sites for hydroxylation is 2. The van der Waals surface area contributed by atoms with Gasteiger partial charge >= 0.3 is 0 Å². The maximum atomic E-state index is 9.90. The predicted molar refractivity (Wildman–Crippen MR) is 82.2 cm³/mol. The van der Waals surface area contributed by atoms with Crippen molar-refractivity contribution >= 4 is 0 Å². The summed E-state index contributed by atoms with van der Waals surface area (Å²) in [5.74, 6) is 1.79. The van der Waals surface area contributed by atoms with Gasteiger partial charge in [-0.1, -0.05) is 37.0 Å². The Hall–Kier alpha value is -1.06. The smallest absolute Gasteiger partial charge is 0.122 e. The molecule has 112 valence electrons. The molecule has 1 unspecified atom stereocenters. The number of rotatable bonds is 8. The number of hydrogen-bond donors (Lipinski definition) is 2. The van der Waals surface area contributed by atoms with Crippen molar-refractivity contribution in [1.82, 2.24) is 5.32 Å². The van der Waals surface area contributed by atoms with E-state index in [-0.39, 0.29) is 0 Å². The largest absolute Gasteiger partial charge is 0.491 e. The van der Waals surface area contributed by atoms with Crippen LogP contribution in [0.2, 0.25) is 0 Å². The maximum Gasteiger partial charge on any atom is 0.122 e. The van der Waals surface area contributed by atoms with Gasteiger partial charge in [0.05, 0.1) is 0 Å². The van der Waals surface area contributed by atoms with Gasteiger partial charge in [0.25, 0.3) is 0 Å². The molecule has 0 saturated heterocycles. The zero-order valence-corrected chi connectivity index (χ0v) is 12.7. The summed E-state index contributed by atoms with van der Waals surface area (Å²) in [7, 11) is 0. The number of aliphatic hydroxyl groups is 1. The second kappa shape index (κ2) is 7.65. The Morgan fingerprint density at radius 1 is 1.35 bits per heavy atom. The Labute approximate surface area is 122 Å². The van der Waals surface area contributed by atoms with E-state index in [1.807, 2.05) is 19.1 Å². The van der Waals surface area contributed by atoms with Crippen molar-refractivity contribution in [2.45, 2.75) is 45.6 Å². The average Bonchev–Trinajstić information content (AvgIpc) is 2.35. The SMILES string of the molecule is Cc1ccc(OCC(O)CNCCC2CCC2)c(C)c1. The van der Waals surface area contributed by atoms with Crippen molar-refractivity contribution < 1.29 is 9.84 Å². The second-order valence-electron chi connectivity index (χ2n) is 6.02. The van der Waals surface area contributed by atoms with E-state index in [1.165, 1.54) is 31.2 Å². The highest BCUT2D eigenvalue weighted by molar-refractivity contribution is 5.35. The van der Waals surface area contributed by atoms with Crippen molar-refractivity contribution in [2.24, 2.45) is 5.92 Å². The maximum absolute atomic E-state index is 9.90. The van der Waals surface area contributed by atoms with Gasteiger partial charge in [-0.15, -0.1) is 0 Å². The van der Waals surface area contributed by atoms with Crippen LogP contribution in [0.1, 0.15) is 36.8 Å². The third kappa shape index (κ3) is 4.80. The van der Waals surface area contributed by atoms with E-state index in [4.69, 9.17) is 4.74 Å². The van der Waals surface area contributed by atoms with Gasteiger partial charge in [-0.3, -0.25) is 0 Å². The standard InChI is InChI=1S/C17H27NO2/c1-13-6-7-17(14(2)10-13)20-12-16(19)11-18-9-8-15-4-3-5-15/h6-7,10,15-16,18-19H,3-5,8-9,11-12H2,1-2H3. The number of nitrogens with one attached hydrogen (secondary N) is 1. The fraction of sp³-hybridized carbons (Fsp3) is 0.647. The van der Waals surface area contributed by atoms with Crippen LogP contribution in [-0.4, -0.2) is 30.9 Å². The zero-order valence-electron chi connectivity index (χ0n) is 12.7. The minimum Gasteiger partial charge on any atom is -0.491 e. The van der Waals surface area contributed by atoms with Gasteiger partial charge in [-0.05, 0) is 44.4 Å². The van der Waals surface area contributed by atoms with E-state index in [0.29, 0.717) is 13.2 Å². The van der Waals surface area contributed by atoms with E-state index in [1.54, 1.807) is 0 Å². The number of benzene rings is 1. The first kappa shape index (κ1) is 15.3. The molecule has 1 aliphatic carbocycles. The fourth-order valence-electron chi connectivity index (χ4n) is 2.56. The van der Waals surface area contributed by atoms with Gasteiger partial charge in [0.15, 0.2) is 0 Å². The Bertz CT molecular complexity index is 415. The van der Waals surface area contributed by atoms with Gasteiger partial charge in [0.1, 0.15) is 18.5 Å². The van der Waals surface area contributed by atoms with Gasteiger partial charge < -0.3 is 15.2 Å². The normalized spacial score (nSPS) is 16.8. The molecule has 0 aromatic heterocycles. The molecule has 1 aliphatic rings. The summed E-state index contributed by atoms with van der Waals surface area (Å²) < 4.78 is 5.67. The molecule has 0 spiro atoms. The van der Waals surface area contributed by atoms with E-state index >= 15 is 0 Å². The molecule has 3 heteroatoms. The first-order valence-electron chi connectivity index (χ1n) is 7.74. The molecular formula is C17H27NO2. The van der Waals surface area contributed by atoms with E-state index in [2.05, 4.69) is 18.3 Å². The summed E-state index contributed by atoms with van der Waals surface area (Å²) in [5, 5.41) is 13.2. The molecule has 0 amide bonds. The van der Waals surface area contributed by atoms with E-state index in [9.17, 15) is 5.11 Å². The molecule has 0 radical (unpaired) electrons. The highest BCUT2D eigenvalue weighted by Crippen LogP contribution is 2.28. The molecule has 0 aliphatic heterocycles. The van der Waals surface area contributed by atoms with E-state index < -0.39 is 6.10 Å². The molecule has 1 atom stereocenters. The van der Waals surface area contributed by atoms with Gasteiger partial charge in [0.2, 0.25) is 0 Å². The Morgan fingerprint density at radius 3 is 2.80 bits per heavy atom. The Kier molecular flexibility index (Phi) is 5.86. The molecule has 20 heavy (non-hydrogen) atoms. The molecule has 3 nitrogen and oxygen atoms in total. The lowest BCUT2D eigenvalue weighted by molar-refractivity contribution is 0.105. The van der Waals surface area contributed by atoms with Crippen molar-refractivity contribution in [3.63, 3.8) is 0 Å². The first-order chi connectivity index (χ1) is 9.65. The Balaban J connectivity index is 1.60. The molecule has 1 aromatic rings. The highest BCUT2D eigenvalue weighted by Gasteiger charge is 2.16. The van der Waals surface area contributed by atoms with Gasteiger partial charge in [-0.25, -0.2) is 0 Å². The minimum atomic E-state index is -0.447. The lowest BCUT2D eigenvalue weighted by atomic mass is 9.83. The first-order valence-corrected chi connectivity index (χ1v) is 7.74. The third-order valence-corrected chi connectivity index (χ3v) is 4.10. The molecular weight excluding hydrogens is 250 g/mol. The van der Waals surface area contributed by atoms with Crippen molar-refractivity contribution in [3.8, 4) is 5.75 Å². The van der Waals surface area contributed by atoms with Crippen LogP contribution < -0.4 is 10.1 Å². The topological polar surface area (TPSA) is 41.5 Å². The quantitative estimate of drug-likeness (QED) is 0.718. The monoisotopic (exact) mass is 277 g/mol. The van der Waals surface area contributed by atoms with Gasteiger partial charge in [0, 0.05) is 6.54 Å². The zero-order chi connectivity index (χ0) is 14.4. The predicted octanol–water partition coefficient (Wildman–Crippen LogP) is 2.82. The third-order valence-electron chi connectivity index (χ3n) is 4.10. The minimum absolute atomic E-state index is 0.348. The Morgan fingerprint density at radius 2 is 2.15 bits per heavy atom. The summed E-state index contributed by atoms with van der Waals surface area (Å²) >= 11 is 0. The molecule has 2 rings (SSSR count). The number of aliphatic hydroxyl groups excluding tert-OH is 1. The molecule has 1 aromatic carbocycles. The number of ether oxygens (including phenoxy) is 1. The van der Waals surface area contributed by atoms with Crippen LogP contribution in [0.3, 0.4) is 0 Å². The summed E-state index contributed by atoms with van der Waals surface area (Å²) in [4.78, 5) is 0. The van der Waals surface area contributed by atoms with Crippen LogP contribution in [0.25, 0.3) is 0 Å². The summed E-state index contributed by atoms with van der Waals surface area (Å²) in [6.07, 6.45) is 4.97. The van der Waals surface area contributed by atoms with Gasteiger partial charge in [-0.2, -0.15) is 0 Å². The molecule has 0 heterocycles. The van der Waals surface area contributed by atoms with Crippen LogP contribution >= 0.6 is 0 Å². The lowest BCUT2D eigenvalue weighted by Crippen LogP contribution is -2.33. The van der Waals surface area contributed by atoms with Crippen molar-refractivity contribution in [1.29, 1.82) is 0 Å². The van der Waals surface area contributed by atoms with E-state index in [0.717, 1.165) is 23.8 Å². The average molecular weight is 277 g/mol. The highest BCUT2D eigenvalue weighted by atomic mass is 16.5. The van der Waals surface area contributed by atoms with Crippen LogP contribution in [0.4, 0.5) is 0 Å². The molecule has 1 saturated carbocycles. The lowest BCUT2D eigenvalue weighted by Gasteiger charge is -2.25. The van der Waals surface area contributed by atoms with Crippen LogP contribution in [0.5, 0.6) is 5.75 Å². The summed E-state index contributed by atoms with van der Waals surface area (Å²) in [6, 6.07) is 6.10. The van der Waals surface area contributed by atoms with Crippen LogP contribution in [0, 0.1) is 19.8 Å². The molecule has 1 fully saturated rings. The van der Waals surface area contributed by atoms with Crippen molar-refractivity contribution in [2.75, 3.05) is 19.7 Å². The summed E-state index contributed by atoms with van der Waals surface area (Å²) in [6.45, 7) is 6.06. The second-order valence-corrected chi connectivity index (χ2v) is 6.02. The fourth-order valence-corrected chi connectivity index (χ4v) is 2.56. The number of hydrogen-bond acceptors (Lipinski definition) is 3. The van der Waals surface area contributed by atoms with Crippen LogP contribution in [0.15, 0.2) is 18.2 Å².